The summed E-state index contributed by atoms with van der Waals surface area (Å²) >= 11 is 3.40. The summed E-state index contributed by atoms with van der Waals surface area (Å²) in [5.41, 5.74) is 1.66. The highest BCUT2D eigenvalue weighted by molar-refractivity contribution is 9.10. The van der Waals surface area contributed by atoms with E-state index in [1.165, 1.54) is 51.1 Å². The second kappa shape index (κ2) is 5.73. The summed E-state index contributed by atoms with van der Waals surface area (Å²) in [7, 11) is 1.17. The Morgan fingerprint density at radius 1 is 1.12 bits per heavy atom. The van der Waals surface area contributed by atoms with Crippen molar-refractivity contribution in [3.05, 3.63) is 28.2 Å². The van der Waals surface area contributed by atoms with Crippen molar-refractivity contribution in [1.82, 2.24) is 0 Å². The first kappa shape index (κ1) is 17.4. The van der Waals surface area contributed by atoms with Crippen LogP contribution >= 0.6 is 15.9 Å². The van der Waals surface area contributed by atoms with Gasteiger partial charge in [0.25, 0.3) is 0 Å². The number of rotatable bonds is 2. The highest BCUT2D eigenvalue weighted by atomic mass is 79.9. The van der Waals surface area contributed by atoms with Crippen LogP contribution in [0.1, 0.15) is 44.1 Å². The molecule has 0 aromatic heterocycles. The van der Waals surface area contributed by atoms with Crippen LogP contribution in [0.25, 0.3) is 0 Å². The van der Waals surface area contributed by atoms with Crippen molar-refractivity contribution in [2.45, 2.75) is 50.1 Å². The summed E-state index contributed by atoms with van der Waals surface area (Å²) in [5, 5.41) is 0. The van der Waals surface area contributed by atoms with Crippen LogP contribution in [-0.4, -0.2) is 19.1 Å². The maximum atomic E-state index is 12.7. The molecule has 0 N–H and O–H groups in total. The van der Waals surface area contributed by atoms with Gasteiger partial charge in [0.1, 0.15) is 0 Å². The molecule has 4 fully saturated rings. The molecule has 0 unspecified atom stereocenters. The lowest BCUT2D eigenvalue weighted by Crippen LogP contribution is -2.48. The fourth-order valence-corrected chi connectivity index (χ4v) is 6.52. The summed E-state index contributed by atoms with van der Waals surface area (Å²) in [6.07, 6.45) is 2.77. The fraction of sp³-hybridized carbons (Fsp3) is 0.632. The fourth-order valence-electron chi connectivity index (χ4n) is 5.87. The third-order valence-electron chi connectivity index (χ3n) is 6.51. The monoisotopic (exact) mass is 415 g/mol. The quantitative estimate of drug-likeness (QED) is 0.629. The Morgan fingerprint density at radius 2 is 1.64 bits per heavy atom. The predicted molar refractivity (Wildman–Crippen MR) is 93.5 cm³/mol. The van der Waals surface area contributed by atoms with Gasteiger partial charge in [-0.2, -0.15) is 13.2 Å². The molecule has 0 atom stereocenters. The molecule has 6 heteroatoms. The summed E-state index contributed by atoms with van der Waals surface area (Å²) < 4.78 is 38.6. The number of amides is 1. The Balaban J connectivity index is 1.64. The van der Waals surface area contributed by atoms with E-state index in [4.69, 9.17) is 0 Å². The van der Waals surface area contributed by atoms with Crippen molar-refractivity contribution in [3.63, 3.8) is 0 Å². The summed E-state index contributed by atoms with van der Waals surface area (Å²) in [6.45, 7) is 0. The Labute approximate surface area is 153 Å². The van der Waals surface area contributed by atoms with Crippen LogP contribution in [0.5, 0.6) is 0 Å². The van der Waals surface area contributed by atoms with Gasteiger partial charge < -0.3 is 4.90 Å². The molecular formula is C19H21BrF3NO. The number of carbonyl (C=O) groups is 1. The zero-order valence-electron chi connectivity index (χ0n) is 14.1. The zero-order chi connectivity index (χ0) is 18.0. The normalized spacial score (nSPS) is 33.6. The molecule has 4 saturated carbocycles. The largest absolute Gasteiger partial charge is 0.471 e. The zero-order valence-corrected chi connectivity index (χ0v) is 15.7. The highest BCUT2D eigenvalue weighted by Gasteiger charge is 2.51. The molecule has 0 heterocycles. The minimum absolute atomic E-state index is 0.183. The number of anilines is 1. The average Bonchev–Trinajstić information content (AvgIpc) is 2.51. The minimum atomic E-state index is -4.87. The first-order valence-corrected chi connectivity index (χ1v) is 9.62. The van der Waals surface area contributed by atoms with Gasteiger partial charge in [-0.1, -0.05) is 6.07 Å². The van der Waals surface area contributed by atoms with Crippen LogP contribution in [0.2, 0.25) is 0 Å². The van der Waals surface area contributed by atoms with Crippen LogP contribution in [0.15, 0.2) is 22.7 Å². The lowest BCUT2D eigenvalue weighted by Gasteiger charge is -2.57. The Hall–Kier alpha value is -1.04. The maximum absolute atomic E-state index is 12.7. The predicted octanol–water partition coefficient (Wildman–Crippen LogP) is 5.44. The van der Waals surface area contributed by atoms with E-state index >= 15 is 0 Å². The molecule has 4 aliphatic carbocycles. The summed E-state index contributed by atoms with van der Waals surface area (Å²) in [6, 6.07) is 5.54. The number of carbonyl (C=O) groups excluding carboxylic acids is 1. The van der Waals surface area contributed by atoms with Gasteiger partial charge in [-0.25, -0.2) is 0 Å². The van der Waals surface area contributed by atoms with Gasteiger partial charge in [0.15, 0.2) is 0 Å². The standard InChI is InChI=1S/C19H21BrF3NO/c1-24(17(25)19(21,22)23)16-3-2-14(7-15(16)20)18-8-11-4-12(9-18)6-13(5-11)10-18/h2-3,7,11-13H,4-6,8-10H2,1H3. The maximum Gasteiger partial charge on any atom is 0.471 e. The Kier molecular flexibility index (Phi) is 3.98. The van der Waals surface area contributed by atoms with E-state index in [2.05, 4.69) is 15.9 Å². The van der Waals surface area contributed by atoms with Crippen molar-refractivity contribution < 1.29 is 18.0 Å². The molecule has 5 rings (SSSR count). The van der Waals surface area contributed by atoms with E-state index in [-0.39, 0.29) is 11.1 Å². The second-order valence-electron chi connectivity index (χ2n) is 8.23. The van der Waals surface area contributed by atoms with Gasteiger partial charge in [0.05, 0.1) is 5.69 Å². The van der Waals surface area contributed by atoms with Gasteiger partial charge in [-0.3, -0.25) is 4.79 Å². The minimum Gasteiger partial charge on any atom is -0.307 e. The Bertz CT molecular complexity index is 680. The van der Waals surface area contributed by atoms with Gasteiger partial charge >= 0.3 is 12.1 Å². The SMILES string of the molecule is CN(C(=O)C(F)(F)F)c1ccc(C23CC4CC(CC(C4)C2)C3)cc1Br. The molecule has 1 aromatic carbocycles. The molecule has 0 radical (unpaired) electrons. The first-order valence-electron chi connectivity index (χ1n) is 8.83. The van der Waals surface area contributed by atoms with Crippen molar-refractivity contribution in [2.75, 3.05) is 11.9 Å². The van der Waals surface area contributed by atoms with Gasteiger partial charge in [0, 0.05) is 11.5 Å². The van der Waals surface area contributed by atoms with E-state index in [9.17, 15) is 18.0 Å². The van der Waals surface area contributed by atoms with Gasteiger partial charge in [-0.15, -0.1) is 0 Å². The second-order valence-corrected chi connectivity index (χ2v) is 9.08. The number of hydrogen-bond donors (Lipinski definition) is 0. The number of hydrogen-bond acceptors (Lipinski definition) is 1. The van der Waals surface area contributed by atoms with E-state index in [1.54, 1.807) is 6.07 Å². The molecule has 0 spiro atoms. The third-order valence-corrected chi connectivity index (χ3v) is 7.14. The van der Waals surface area contributed by atoms with Crippen LogP contribution < -0.4 is 4.90 Å². The molecule has 136 valence electrons. The number of benzene rings is 1. The van der Waals surface area contributed by atoms with Gasteiger partial charge in [-0.05, 0) is 95.3 Å². The smallest absolute Gasteiger partial charge is 0.307 e. The molecule has 4 bridgehead atoms. The number of nitrogens with zero attached hydrogens (tertiary/aromatic N) is 1. The van der Waals surface area contributed by atoms with Crippen molar-refractivity contribution in [1.29, 1.82) is 0 Å². The molecule has 1 aromatic rings. The molecule has 0 saturated heterocycles. The Morgan fingerprint density at radius 3 is 2.08 bits per heavy atom. The van der Waals surface area contributed by atoms with Crippen molar-refractivity contribution in [2.24, 2.45) is 17.8 Å². The average molecular weight is 416 g/mol. The topological polar surface area (TPSA) is 20.3 Å². The lowest BCUT2D eigenvalue weighted by atomic mass is 9.48. The van der Waals surface area contributed by atoms with E-state index in [1.807, 2.05) is 12.1 Å². The van der Waals surface area contributed by atoms with Crippen molar-refractivity contribution >= 4 is 27.5 Å². The van der Waals surface area contributed by atoms with Crippen LogP contribution in [0.3, 0.4) is 0 Å². The van der Waals surface area contributed by atoms with Gasteiger partial charge in [0.2, 0.25) is 0 Å². The van der Waals surface area contributed by atoms with E-state index in [0.29, 0.717) is 9.37 Å². The number of halogens is 4. The molecule has 0 aliphatic heterocycles. The molecule has 25 heavy (non-hydrogen) atoms. The van der Waals surface area contributed by atoms with E-state index < -0.39 is 12.1 Å². The molecular weight excluding hydrogens is 395 g/mol. The third kappa shape index (κ3) is 2.90. The molecule has 4 aliphatic rings. The van der Waals surface area contributed by atoms with Crippen LogP contribution in [0, 0.1) is 17.8 Å². The van der Waals surface area contributed by atoms with Crippen LogP contribution in [-0.2, 0) is 10.2 Å². The summed E-state index contributed by atoms with van der Waals surface area (Å²) in [5.74, 6) is 0.563. The lowest BCUT2D eigenvalue weighted by molar-refractivity contribution is -0.170. The number of alkyl halides is 3. The molecule has 2 nitrogen and oxygen atoms in total. The summed E-state index contributed by atoms with van der Waals surface area (Å²) in [4.78, 5) is 12.2. The first-order chi connectivity index (χ1) is 11.7. The van der Waals surface area contributed by atoms with Crippen LogP contribution in [0.4, 0.5) is 18.9 Å². The van der Waals surface area contributed by atoms with Crippen molar-refractivity contribution in [3.8, 4) is 0 Å². The van der Waals surface area contributed by atoms with E-state index in [0.717, 1.165) is 17.8 Å². The highest BCUT2D eigenvalue weighted by Crippen LogP contribution is 2.61. The molecule has 1 amide bonds.